The van der Waals surface area contributed by atoms with Gasteiger partial charge in [0.1, 0.15) is 12.1 Å². The van der Waals surface area contributed by atoms with Crippen molar-refractivity contribution in [1.82, 2.24) is 24.8 Å². The molecule has 0 radical (unpaired) electrons. The molecule has 7 heteroatoms. The Bertz CT molecular complexity index is 794. The summed E-state index contributed by atoms with van der Waals surface area (Å²) in [5, 5.41) is 3.18. The highest BCUT2D eigenvalue weighted by Crippen LogP contribution is 2.23. The first-order valence-corrected chi connectivity index (χ1v) is 10.1. The van der Waals surface area contributed by atoms with Gasteiger partial charge in [0.15, 0.2) is 0 Å². The Labute approximate surface area is 167 Å². The number of aryl methyl sites for hydroxylation is 2. The third-order valence-corrected chi connectivity index (χ3v) is 4.99. The summed E-state index contributed by atoms with van der Waals surface area (Å²) in [6.07, 6.45) is 5.18. The Morgan fingerprint density at radius 2 is 1.82 bits per heavy atom. The first kappa shape index (κ1) is 20.2. The zero-order valence-corrected chi connectivity index (χ0v) is 17.3. The van der Waals surface area contributed by atoms with Crippen LogP contribution in [-0.2, 0) is 11.2 Å². The average Bonchev–Trinajstić information content (AvgIpc) is 2.61. The minimum atomic E-state index is 0.287. The van der Waals surface area contributed by atoms with Crippen molar-refractivity contribution in [2.75, 3.05) is 18.4 Å². The Morgan fingerprint density at radius 1 is 1.14 bits per heavy atom. The van der Waals surface area contributed by atoms with E-state index in [4.69, 9.17) is 0 Å². The van der Waals surface area contributed by atoms with E-state index < -0.39 is 0 Å². The number of amides is 1. The number of carbonyl (C=O) groups excluding carboxylic acids is 1. The van der Waals surface area contributed by atoms with Crippen molar-refractivity contribution in [2.24, 2.45) is 11.8 Å². The first-order chi connectivity index (χ1) is 13.4. The van der Waals surface area contributed by atoms with Crippen LogP contribution in [0.25, 0.3) is 0 Å². The van der Waals surface area contributed by atoms with Gasteiger partial charge in [-0.25, -0.2) is 19.9 Å². The van der Waals surface area contributed by atoms with Crippen LogP contribution in [0.4, 0.5) is 11.8 Å². The maximum absolute atomic E-state index is 12.2. The summed E-state index contributed by atoms with van der Waals surface area (Å²) in [4.78, 5) is 31.8. The summed E-state index contributed by atoms with van der Waals surface area (Å²) in [6.45, 7) is 9.78. The summed E-state index contributed by atoms with van der Waals surface area (Å²) in [5.74, 6) is 2.51. The van der Waals surface area contributed by atoms with Gasteiger partial charge in [0.2, 0.25) is 11.9 Å². The van der Waals surface area contributed by atoms with E-state index >= 15 is 0 Å². The molecule has 0 spiro atoms. The number of rotatable bonds is 6. The van der Waals surface area contributed by atoms with Gasteiger partial charge in [0.25, 0.3) is 0 Å². The van der Waals surface area contributed by atoms with Crippen molar-refractivity contribution in [3.8, 4) is 0 Å². The first-order valence-electron chi connectivity index (χ1n) is 10.1. The third-order valence-electron chi connectivity index (χ3n) is 4.99. The summed E-state index contributed by atoms with van der Waals surface area (Å²) in [5.41, 5.74) is 2.85. The molecule has 2 aromatic heterocycles. The van der Waals surface area contributed by atoms with Crippen molar-refractivity contribution in [1.29, 1.82) is 0 Å². The monoisotopic (exact) mass is 382 g/mol. The second kappa shape index (κ2) is 9.08. The van der Waals surface area contributed by atoms with E-state index in [0.717, 1.165) is 49.4 Å². The lowest BCUT2D eigenvalue weighted by atomic mass is 9.91. The van der Waals surface area contributed by atoms with E-state index in [1.807, 2.05) is 30.9 Å². The third kappa shape index (κ3) is 5.71. The van der Waals surface area contributed by atoms with E-state index in [-0.39, 0.29) is 5.91 Å². The van der Waals surface area contributed by atoms with Crippen LogP contribution >= 0.6 is 0 Å². The van der Waals surface area contributed by atoms with E-state index in [1.165, 1.54) is 0 Å². The maximum atomic E-state index is 12.2. The highest BCUT2D eigenvalue weighted by atomic mass is 16.2. The largest absolute Gasteiger partial charge is 0.343 e. The molecular weight excluding hydrogens is 352 g/mol. The fourth-order valence-electron chi connectivity index (χ4n) is 3.63. The summed E-state index contributed by atoms with van der Waals surface area (Å²) >= 11 is 0. The van der Waals surface area contributed by atoms with Crippen molar-refractivity contribution < 1.29 is 4.79 Å². The van der Waals surface area contributed by atoms with Crippen LogP contribution < -0.4 is 5.32 Å². The lowest BCUT2D eigenvalue weighted by Crippen LogP contribution is -2.39. The second-order valence-corrected chi connectivity index (χ2v) is 8.12. The SMILES string of the molecule is Cc1cc(C)nc(Nc2cc(CC3CCN(C(=O)CC(C)C)CC3)ncn2)n1. The van der Waals surface area contributed by atoms with Gasteiger partial charge >= 0.3 is 0 Å². The van der Waals surface area contributed by atoms with Crippen LogP contribution in [-0.4, -0.2) is 43.8 Å². The Kier molecular flexibility index (Phi) is 6.54. The number of carbonyl (C=O) groups is 1. The quantitative estimate of drug-likeness (QED) is 0.824. The molecule has 0 aliphatic carbocycles. The number of piperidine rings is 1. The van der Waals surface area contributed by atoms with E-state index in [1.54, 1.807) is 6.33 Å². The number of aromatic nitrogens is 4. The Hall–Kier alpha value is -2.57. The molecule has 1 aliphatic heterocycles. The number of likely N-dealkylation sites (tertiary alicyclic amines) is 1. The van der Waals surface area contributed by atoms with Crippen molar-refractivity contribution in [3.63, 3.8) is 0 Å². The normalized spacial score (nSPS) is 15.1. The number of nitrogens with one attached hydrogen (secondary N) is 1. The van der Waals surface area contributed by atoms with Gasteiger partial charge in [0.05, 0.1) is 0 Å². The molecule has 1 amide bonds. The summed E-state index contributed by atoms with van der Waals surface area (Å²) in [7, 11) is 0. The van der Waals surface area contributed by atoms with Gasteiger partial charge in [-0.05, 0) is 51.0 Å². The molecule has 0 bridgehead atoms. The molecule has 3 heterocycles. The molecule has 2 aromatic rings. The average molecular weight is 383 g/mol. The van der Waals surface area contributed by atoms with E-state index in [9.17, 15) is 4.79 Å². The van der Waals surface area contributed by atoms with Gasteiger partial charge in [-0.2, -0.15) is 0 Å². The lowest BCUT2D eigenvalue weighted by molar-refractivity contribution is -0.133. The van der Waals surface area contributed by atoms with E-state index in [2.05, 4.69) is 39.1 Å². The minimum absolute atomic E-state index is 0.287. The molecule has 150 valence electrons. The fraction of sp³-hybridized carbons (Fsp3) is 0.571. The van der Waals surface area contributed by atoms with Gasteiger partial charge < -0.3 is 10.2 Å². The topological polar surface area (TPSA) is 83.9 Å². The molecular formula is C21H30N6O. The van der Waals surface area contributed by atoms with Crippen LogP contribution in [0.5, 0.6) is 0 Å². The van der Waals surface area contributed by atoms with E-state index in [0.29, 0.717) is 30.0 Å². The van der Waals surface area contributed by atoms with Gasteiger partial charge in [0, 0.05) is 42.7 Å². The van der Waals surface area contributed by atoms with Crippen LogP contribution in [0.1, 0.15) is 50.2 Å². The molecule has 1 aliphatic rings. The summed E-state index contributed by atoms with van der Waals surface area (Å²) in [6, 6.07) is 3.91. The molecule has 1 fully saturated rings. The lowest BCUT2D eigenvalue weighted by Gasteiger charge is -2.32. The molecule has 0 aromatic carbocycles. The zero-order valence-electron chi connectivity index (χ0n) is 17.3. The predicted octanol–water partition coefficient (Wildman–Crippen LogP) is 3.45. The van der Waals surface area contributed by atoms with Crippen LogP contribution in [0.15, 0.2) is 18.5 Å². The fourth-order valence-corrected chi connectivity index (χ4v) is 3.63. The van der Waals surface area contributed by atoms with Gasteiger partial charge in [-0.1, -0.05) is 13.8 Å². The molecule has 3 rings (SSSR count). The minimum Gasteiger partial charge on any atom is -0.343 e. The Morgan fingerprint density at radius 3 is 2.46 bits per heavy atom. The zero-order chi connectivity index (χ0) is 20.1. The molecule has 28 heavy (non-hydrogen) atoms. The highest BCUT2D eigenvalue weighted by molar-refractivity contribution is 5.76. The van der Waals surface area contributed by atoms with Crippen molar-refractivity contribution in [2.45, 2.75) is 53.4 Å². The number of nitrogens with zero attached hydrogens (tertiary/aromatic N) is 5. The molecule has 1 saturated heterocycles. The molecule has 0 saturated carbocycles. The molecule has 1 N–H and O–H groups in total. The maximum Gasteiger partial charge on any atom is 0.228 e. The van der Waals surface area contributed by atoms with Crippen LogP contribution in [0.2, 0.25) is 0 Å². The molecule has 7 nitrogen and oxygen atoms in total. The highest BCUT2D eigenvalue weighted by Gasteiger charge is 2.23. The molecule has 0 atom stereocenters. The molecule has 0 unspecified atom stereocenters. The van der Waals surface area contributed by atoms with Crippen molar-refractivity contribution >= 4 is 17.7 Å². The van der Waals surface area contributed by atoms with Crippen LogP contribution in [0, 0.1) is 25.7 Å². The number of hydrogen-bond donors (Lipinski definition) is 1. The van der Waals surface area contributed by atoms with Gasteiger partial charge in [-0.3, -0.25) is 4.79 Å². The van der Waals surface area contributed by atoms with Gasteiger partial charge in [-0.15, -0.1) is 0 Å². The summed E-state index contributed by atoms with van der Waals surface area (Å²) < 4.78 is 0. The standard InChI is InChI=1S/C21H30N6O/c1-14(2)9-20(28)27-7-5-17(6-8-27)11-18-12-19(23-13-22-18)26-21-24-15(3)10-16(4)25-21/h10,12-14,17H,5-9,11H2,1-4H3,(H,22,23,24,25,26). The van der Waals surface area contributed by atoms with Crippen LogP contribution in [0.3, 0.4) is 0 Å². The predicted molar refractivity (Wildman–Crippen MR) is 109 cm³/mol. The number of anilines is 2. The Balaban J connectivity index is 1.56. The smallest absolute Gasteiger partial charge is 0.228 e. The number of hydrogen-bond acceptors (Lipinski definition) is 6. The second-order valence-electron chi connectivity index (χ2n) is 8.12. The van der Waals surface area contributed by atoms with Crippen molar-refractivity contribution in [3.05, 3.63) is 35.5 Å².